The number of aliphatic hydroxyl groups excluding tert-OH is 1. The van der Waals surface area contributed by atoms with Crippen LogP contribution in [0.3, 0.4) is 0 Å². The van der Waals surface area contributed by atoms with E-state index in [9.17, 15) is 5.11 Å². The van der Waals surface area contributed by atoms with Crippen molar-refractivity contribution in [3.8, 4) is 0 Å². The van der Waals surface area contributed by atoms with Gasteiger partial charge in [-0.1, -0.05) is 13.3 Å². The lowest BCUT2D eigenvalue weighted by molar-refractivity contribution is -0.0201. The molecule has 1 aromatic heterocycles. The number of ether oxygens (including phenoxy) is 1. The molecule has 0 saturated carbocycles. The molecule has 16 heavy (non-hydrogen) atoms. The van der Waals surface area contributed by atoms with Crippen molar-refractivity contribution in [2.75, 3.05) is 7.11 Å². The molecule has 0 amide bonds. The number of methoxy groups -OCH3 is 1. The summed E-state index contributed by atoms with van der Waals surface area (Å²) in [6.07, 6.45) is 4.84. The van der Waals surface area contributed by atoms with E-state index in [1.54, 1.807) is 13.3 Å². The lowest BCUT2D eigenvalue weighted by atomic mass is 10.0. The lowest BCUT2D eigenvalue weighted by Gasteiger charge is -2.20. The van der Waals surface area contributed by atoms with Crippen molar-refractivity contribution in [1.82, 2.24) is 9.78 Å². The van der Waals surface area contributed by atoms with Crippen molar-refractivity contribution in [3.05, 3.63) is 18.0 Å². The van der Waals surface area contributed by atoms with Gasteiger partial charge in [0.25, 0.3) is 0 Å². The molecule has 2 atom stereocenters. The van der Waals surface area contributed by atoms with Crippen molar-refractivity contribution in [2.24, 2.45) is 7.05 Å². The van der Waals surface area contributed by atoms with Gasteiger partial charge in [-0.05, 0) is 25.3 Å². The Bertz CT molecular complexity index is 299. The summed E-state index contributed by atoms with van der Waals surface area (Å²) in [7, 11) is 3.58. The zero-order chi connectivity index (χ0) is 12.0. The van der Waals surface area contributed by atoms with E-state index in [1.807, 2.05) is 17.8 Å². The van der Waals surface area contributed by atoms with Gasteiger partial charge in [0.15, 0.2) is 0 Å². The maximum atomic E-state index is 9.98. The van der Waals surface area contributed by atoms with E-state index in [2.05, 4.69) is 12.0 Å². The summed E-state index contributed by atoms with van der Waals surface area (Å²) in [5.41, 5.74) is 1.14. The van der Waals surface area contributed by atoms with Crippen LogP contribution in [-0.4, -0.2) is 34.2 Å². The number of rotatable bonds is 7. The van der Waals surface area contributed by atoms with Gasteiger partial charge in [0.2, 0.25) is 0 Å². The predicted molar refractivity (Wildman–Crippen MR) is 63.2 cm³/mol. The molecule has 0 radical (unpaired) electrons. The fraction of sp³-hybridized carbons (Fsp3) is 0.750. The second kappa shape index (κ2) is 6.66. The van der Waals surface area contributed by atoms with Crippen LogP contribution in [0.1, 0.15) is 31.9 Å². The molecular weight excluding hydrogens is 204 g/mol. The maximum Gasteiger partial charge on any atom is 0.0830 e. The van der Waals surface area contributed by atoms with E-state index >= 15 is 0 Å². The van der Waals surface area contributed by atoms with E-state index in [0.29, 0.717) is 0 Å². The standard InChI is InChI=1S/C12H22N2O2/c1-4-5-12(16-3)11(15)7-6-10-8-9-13-14(10)2/h8-9,11-12,15H,4-7H2,1-3H3. The average molecular weight is 226 g/mol. The average Bonchev–Trinajstić information content (AvgIpc) is 2.68. The van der Waals surface area contributed by atoms with Gasteiger partial charge in [0.05, 0.1) is 12.2 Å². The molecule has 0 aliphatic rings. The molecule has 4 nitrogen and oxygen atoms in total. The molecule has 1 heterocycles. The minimum absolute atomic E-state index is 0.0433. The normalized spacial score (nSPS) is 15.0. The van der Waals surface area contributed by atoms with Crippen molar-refractivity contribution in [2.45, 2.75) is 44.8 Å². The highest BCUT2D eigenvalue weighted by molar-refractivity contribution is 5.00. The highest BCUT2D eigenvalue weighted by atomic mass is 16.5. The van der Waals surface area contributed by atoms with Crippen LogP contribution in [0.25, 0.3) is 0 Å². The number of hydrogen-bond donors (Lipinski definition) is 1. The number of hydrogen-bond acceptors (Lipinski definition) is 3. The fourth-order valence-corrected chi connectivity index (χ4v) is 1.88. The Morgan fingerprint density at radius 1 is 1.50 bits per heavy atom. The third-order valence-electron chi connectivity index (χ3n) is 2.92. The quantitative estimate of drug-likeness (QED) is 0.767. The third-order valence-corrected chi connectivity index (χ3v) is 2.92. The van der Waals surface area contributed by atoms with Gasteiger partial charge in [-0.25, -0.2) is 0 Å². The van der Waals surface area contributed by atoms with Gasteiger partial charge in [0.1, 0.15) is 0 Å². The number of aliphatic hydroxyl groups is 1. The first kappa shape index (κ1) is 13.2. The molecule has 4 heteroatoms. The Kier molecular flexibility index (Phi) is 5.49. The van der Waals surface area contributed by atoms with Gasteiger partial charge < -0.3 is 9.84 Å². The SMILES string of the molecule is CCCC(OC)C(O)CCc1ccnn1C. The first-order valence-corrected chi connectivity index (χ1v) is 5.86. The molecule has 0 saturated heterocycles. The molecule has 92 valence electrons. The fourth-order valence-electron chi connectivity index (χ4n) is 1.88. The van der Waals surface area contributed by atoms with E-state index in [4.69, 9.17) is 4.74 Å². The van der Waals surface area contributed by atoms with Gasteiger partial charge in [0, 0.05) is 26.0 Å². The zero-order valence-electron chi connectivity index (χ0n) is 10.4. The molecule has 1 N–H and O–H groups in total. The molecule has 0 bridgehead atoms. The Labute approximate surface area is 97.2 Å². The minimum atomic E-state index is -0.389. The zero-order valence-corrected chi connectivity index (χ0v) is 10.4. The van der Waals surface area contributed by atoms with Crippen LogP contribution < -0.4 is 0 Å². The van der Waals surface area contributed by atoms with Crippen molar-refractivity contribution >= 4 is 0 Å². The highest BCUT2D eigenvalue weighted by Gasteiger charge is 2.17. The number of aromatic nitrogens is 2. The van der Waals surface area contributed by atoms with E-state index in [1.165, 1.54) is 0 Å². The molecular formula is C12H22N2O2. The van der Waals surface area contributed by atoms with Crippen LogP contribution in [0.2, 0.25) is 0 Å². The van der Waals surface area contributed by atoms with E-state index in [0.717, 1.165) is 31.4 Å². The summed E-state index contributed by atoms with van der Waals surface area (Å²) in [6.45, 7) is 2.10. The summed E-state index contributed by atoms with van der Waals surface area (Å²) < 4.78 is 7.12. The summed E-state index contributed by atoms with van der Waals surface area (Å²) in [4.78, 5) is 0. The van der Waals surface area contributed by atoms with Crippen molar-refractivity contribution in [3.63, 3.8) is 0 Å². The van der Waals surface area contributed by atoms with E-state index < -0.39 is 0 Å². The first-order valence-electron chi connectivity index (χ1n) is 5.86. The van der Waals surface area contributed by atoms with Gasteiger partial charge in [-0.2, -0.15) is 5.10 Å². The van der Waals surface area contributed by atoms with Crippen molar-refractivity contribution in [1.29, 1.82) is 0 Å². The summed E-state index contributed by atoms with van der Waals surface area (Å²) >= 11 is 0. The van der Waals surface area contributed by atoms with Crippen LogP contribution >= 0.6 is 0 Å². The molecule has 0 aliphatic carbocycles. The second-order valence-electron chi connectivity index (χ2n) is 4.12. The van der Waals surface area contributed by atoms with Crippen molar-refractivity contribution < 1.29 is 9.84 Å². The lowest BCUT2D eigenvalue weighted by Crippen LogP contribution is -2.28. The number of aryl methyl sites for hydroxylation is 2. The Hall–Kier alpha value is -0.870. The second-order valence-corrected chi connectivity index (χ2v) is 4.12. The Balaban J connectivity index is 2.39. The number of nitrogens with zero attached hydrogens (tertiary/aromatic N) is 2. The van der Waals surface area contributed by atoms with Gasteiger partial charge in [-0.15, -0.1) is 0 Å². The van der Waals surface area contributed by atoms with Crippen LogP contribution in [-0.2, 0) is 18.2 Å². The summed E-state index contributed by atoms with van der Waals surface area (Å²) in [5.74, 6) is 0. The van der Waals surface area contributed by atoms with Crippen LogP contribution in [0, 0.1) is 0 Å². The molecule has 0 spiro atoms. The van der Waals surface area contributed by atoms with Crippen LogP contribution in [0.15, 0.2) is 12.3 Å². The van der Waals surface area contributed by atoms with Gasteiger partial charge in [-0.3, -0.25) is 4.68 Å². The largest absolute Gasteiger partial charge is 0.390 e. The predicted octanol–water partition coefficient (Wildman–Crippen LogP) is 1.53. The minimum Gasteiger partial charge on any atom is -0.390 e. The van der Waals surface area contributed by atoms with Crippen LogP contribution in [0.5, 0.6) is 0 Å². The Morgan fingerprint density at radius 3 is 2.75 bits per heavy atom. The topological polar surface area (TPSA) is 47.3 Å². The van der Waals surface area contributed by atoms with E-state index in [-0.39, 0.29) is 12.2 Å². The third kappa shape index (κ3) is 3.61. The molecule has 0 fully saturated rings. The molecule has 2 unspecified atom stereocenters. The first-order chi connectivity index (χ1) is 7.69. The maximum absolute atomic E-state index is 9.98. The highest BCUT2D eigenvalue weighted by Crippen LogP contribution is 2.12. The molecule has 1 rings (SSSR count). The molecule has 0 aromatic carbocycles. The summed E-state index contributed by atoms with van der Waals surface area (Å²) in [6, 6.07) is 1.98. The van der Waals surface area contributed by atoms with Crippen LogP contribution in [0.4, 0.5) is 0 Å². The summed E-state index contributed by atoms with van der Waals surface area (Å²) in [5, 5.41) is 14.1. The monoisotopic (exact) mass is 226 g/mol. The smallest absolute Gasteiger partial charge is 0.0830 e. The molecule has 1 aromatic rings. The van der Waals surface area contributed by atoms with Gasteiger partial charge >= 0.3 is 0 Å². The molecule has 0 aliphatic heterocycles. The Morgan fingerprint density at radius 2 is 2.25 bits per heavy atom.